The van der Waals surface area contributed by atoms with Crippen LogP contribution in [-0.4, -0.2) is 24.9 Å². The maximum absolute atomic E-state index is 12.3. The largest absolute Gasteiger partial charge is 0.351 e. The summed E-state index contributed by atoms with van der Waals surface area (Å²) in [5.41, 5.74) is 7.64. The van der Waals surface area contributed by atoms with Crippen LogP contribution in [0.2, 0.25) is 0 Å². The van der Waals surface area contributed by atoms with Crippen LogP contribution in [0, 0.1) is 0 Å². The molecule has 1 aromatic carbocycles. The molecule has 0 atom stereocenters. The molecule has 6 heteroatoms. The number of thiophene rings is 1. The van der Waals surface area contributed by atoms with Gasteiger partial charge in [-0.1, -0.05) is 30.3 Å². The molecule has 5 nitrogen and oxygen atoms in total. The highest BCUT2D eigenvalue weighted by Gasteiger charge is 2.20. The van der Waals surface area contributed by atoms with Crippen LogP contribution >= 0.6 is 11.3 Å². The van der Waals surface area contributed by atoms with Crippen LogP contribution in [0.25, 0.3) is 11.1 Å². The fraction of sp³-hybridized carbons (Fsp3) is 0.200. The van der Waals surface area contributed by atoms with E-state index in [1.54, 1.807) is 0 Å². The molecule has 2 amide bonds. The summed E-state index contributed by atoms with van der Waals surface area (Å²) in [6.45, 7) is 2.18. The quantitative estimate of drug-likeness (QED) is 0.790. The average Bonchev–Trinajstić information content (AvgIpc) is 2.88. The lowest BCUT2D eigenvalue weighted by Gasteiger charge is -2.08. The predicted molar refractivity (Wildman–Crippen MR) is 85.4 cm³/mol. The molecule has 1 heterocycles. The van der Waals surface area contributed by atoms with Crippen LogP contribution in [0.5, 0.6) is 0 Å². The van der Waals surface area contributed by atoms with Gasteiger partial charge in [0.2, 0.25) is 5.91 Å². The number of benzene rings is 1. The van der Waals surface area contributed by atoms with Crippen LogP contribution in [-0.2, 0) is 4.79 Å². The van der Waals surface area contributed by atoms with Gasteiger partial charge in [-0.15, -0.1) is 11.3 Å². The second-order valence-electron chi connectivity index (χ2n) is 4.45. The molecule has 0 unspecified atom stereocenters. The number of amides is 2. The lowest BCUT2D eigenvalue weighted by molar-refractivity contribution is -0.114. The zero-order valence-electron chi connectivity index (χ0n) is 11.7. The first-order valence-corrected chi connectivity index (χ1v) is 7.44. The van der Waals surface area contributed by atoms with Gasteiger partial charge in [0.1, 0.15) is 5.00 Å². The molecule has 21 heavy (non-hydrogen) atoms. The second kappa shape index (κ2) is 7.01. The summed E-state index contributed by atoms with van der Waals surface area (Å²) in [5.74, 6) is -0.436. The van der Waals surface area contributed by atoms with E-state index in [-0.39, 0.29) is 11.8 Å². The topological polar surface area (TPSA) is 84.2 Å². The Morgan fingerprint density at radius 1 is 1.24 bits per heavy atom. The molecular formula is C15H17N3O2S. The third kappa shape index (κ3) is 3.68. The van der Waals surface area contributed by atoms with E-state index in [9.17, 15) is 9.59 Å². The van der Waals surface area contributed by atoms with E-state index < -0.39 is 0 Å². The van der Waals surface area contributed by atoms with Crippen molar-refractivity contribution in [3.8, 4) is 11.1 Å². The zero-order chi connectivity index (χ0) is 15.2. The number of nitrogens with one attached hydrogen (secondary N) is 2. The van der Waals surface area contributed by atoms with Gasteiger partial charge in [-0.3, -0.25) is 9.59 Å². The van der Waals surface area contributed by atoms with Crippen molar-refractivity contribution >= 4 is 28.2 Å². The number of rotatable bonds is 5. The van der Waals surface area contributed by atoms with Crippen molar-refractivity contribution in [3.05, 3.63) is 41.3 Å². The summed E-state index contributed by atoms with van der Waals surface area (Å²) in [5, 5.41) is 7.88. The van der Waals surface area contributed by atoms with E-state index >= 15 is 0 Å². The van der Waals surface area contributed by atoms with Crippen molar-refractivity contribution in [2.75, 3.05) is 18.4 Å². The summed E-state index contributed by atoms with van der Waals surface area (Å²) in [6.07, 6.45) is 0. The van der Waals surface area contributed by atoms with Crippen LogP contribution in [0.15, 0.2) is 35.7 Å². The molecule has 4 N–H and O–H groups in total. The van der Waals surface area contributed by atoms with Crippen molar-refractivity contribution in [2.24, 2.45) is 5.73 Å². The second-order valence-corrected chi connectivity index (χ2v) is 5.32. The smallest absolute Gasteiger partial charge is 0.254 e. The van der Waals surface area contributed by atoms with Gasteiger partial charge in [-0.2, -0.15) is 0 Å². The molecular weight excluding hydrogens is 286 g/mol. The first kappa shape index (κ1) is 15.2. The first-order valence-electron chi connectivity index (χ1n) is 6.56. The van der Waals surface area contributed by atoms with Crippen molar-refractivity contribution < 1.29 is 9.59 Å². The van der Waals surface area contributed by atoms with Crippen molar-refractivity contribution in [1.82, 2.24) is 5.32 Å². The third-order valence-electron chi connectivity index (χ3n) is 2.82. The molecule has 0 fully saturated rings. The number of hydrogen-bond donors (Lipinski definition) is 3. The van der Waals surface area contributed by atoms with E-state index in [0.29, 0.717) is 23.7 Å². The van der Waals surface area contributed by atoms with Crippen molar-refractivity contribution in [2.45, 2.75) is 6.92 Å². The molecule has 0 saturated heterocycles. The Hall–Kier alpha value is -2.18. The molecule has 0 spiro atoms. The summed E-state index contributed by atoms with van der Waals surface area (Å²) in [7, 11) is 0. The molecule has 0 aliphatic heterocycles. The number of hydrogen-bond acceptors (Lipinski definition) is 4. The van der Waals surface area contributed by atoms with Crippen molar-refractivity contribution in [1.29, 1.82) is 0 Å². The number of carbonyl (C=O) groups excluding carboxylic acids is 2. The predicted octanol–water partition coefficient (Wildman–Crippen LogP) is 2.06. The molecule has 1 aromatic heterocycles. The summed E-state index contributed by atoms with van der Waals surface area (Å²) in [6, 6.07) is 9.59. The van der Waals surface area contributed by atoms with Gasteiger partial charge in [0.05, 0.1) is 5.56 Å². The van der Waals surface area contributed by atoms with E-state index in [0.717, 1.165) is 11.1 Å². The maximum atomic E-state index is 12.3. The Morgan fingerprint density at radius 3 is 2.57 bits per heavy atom. The van der Waals surface area contributed by atoms with E-state index in [1.807, 2.05) is 35.7 Å². The highest BCUT2D eigenvalue weighted by Crippen LogP contribution is 2.35. The molecule has 0 radical (unpaired) electrons. The zero-order valence-corrected chi connectivity index (χ0v) is 12.5. The number of anilines is 1. The van der Waals surface area contributed by atoms with Crippen LogP contribution in [0.3, 0.4) is 0 Å². The minimum atomic E-state index is -0.232. The van der Waals surface area contributed by atoms with Gasteiger partial charge < -0.3 is 16.4 Å². The van der Waals surface area contributed by atoms with Crippen LogP contribution < -0.4 is 16.4 Å². The van der Waals surface area contributed by atoms with Gasteiger partial charge in [0.15, 0.2) is 0 Å². The van der Waals surface area contributed by atoms with Gasteiger partial charge in [0, 0.05) is 31.0 Å². The Labute approximate surface area is 127 Å². The lowest BCUT2D eigenvalue weighted by Crippen LogP contribution is -2.29. The Balaban J connectivity index is 2.43. The molecule has 0 aliphatic carbocycles. The maximum Gasteiger partial charge on any atom is 0.254 e. The normalized spacial score (nSPS) is 10.2. The van der Waals surface area contributed by atoms with Gasteiger partial charge in [-0.05, 0) is 5.56 Å². The molecule has 0 aliphatic rings. The van der Waals surface area contributed by atoms with E-state index in [4.69, 9.17) is 5.73 Å². The van der Waals surface area contributed by atoms with Crippen LogP contribution in [0.1, 0.15) is 17.3 Å². The van der Waals surface area contributed by atoms with Crippen LogP contribution in [0.4, 0.5) is 5.00 Å². The monoisotopic (exact) mass is 303 g/mol. The molecule has 2 rings (SSSR count). The highest BCUT2D eigenvalue weighted by atomic mass is 32.1. The standard InChI is InChI=1S/C15H17N3O2S/c1-10(19)18-15-13(14(20)17-8-7-16)12(9-21-15)11-5-3-2-4-6-11/h2-6,9H,7-8,16H2,1H3,(H,17,20)(H,18,19). The Morgan fingerprint density at radius 2 is 1.95 bits per heavy atom. The van der Waals surface area contributed by atoms with E-state index in [2.05, 4.69) is 10.6 Å². The number of nitrogens with two attached hydrogens (primary N) is 1. The molecule has 110 valence electrons. The molecule has 2 aromatic rings. The van der Waals surface area contributed by atoms with E-state index in [1.165, 1.54) is 18.3 Å². The first-order chi connectivity index (χ1) is 10.1. The SMILES string of the molecule is CC(=O)Nc1scc(-c2ccccc2)c1C(=O)NCCN. The minimum Gasteiger partial charge on any atom is -0.351 e. The summed E-state index contributed by atoms with van der Waals surface area (Å²) < 4.78 is 0. The summed E-state index contributed by atoms with van der Waals surface area (Å²) in [4.78, 5) is 23.6. The lowest BCUT2D eigenvalue weighted by atomic mass is 10.0. The molecule has 0 saturated carbocycles. The highest BCUT2D eigenvalue weighted by molar-refractivity contribution is 7.15. The van der Waals surface area contributed by atoms with Gasteiger partial charge in [-0.25, -0.2) is 0 Å². The van der Waals surface area contributed by atoms with Gasteiger partial charge >= 0.3 is 0 Å². The van der Waals surface area contributed by atoms with Crippen molar-refractivity contribution in [3.63, 3.8) is 0 Å². The Kier molecular flexibility index (Phi) is 5.08. The fourth-order valence-corrected chi connectivity index (χ4v) is 2.95. The fourth-order valence-electron chi connectivity index (χ4n) is 1.94. The molecule has 0 bridgehead atoms. The average molecular weight is 303 g/mol. The minimum absolute atomic E-state index is 0.204. The third-order valence-corrected chi connectivity index (χ3v) is 3.72. The summed E-state index contributed by atoms with van der Waals surface area (Å²) >= 11 is 1.34. The Bertz CT molecular complexity index is 638. The van der Waals surface area contributed by atoms with Gasteiger partial charge in [0.25, 0.3) is 5.91 Å². The number of carbonyl (C=O) groups is 2.